The van der Waals surface area contributed by atoms with Gasteiger partial charge >= 0.3 is 6.18 Å². The molecule has 1 heterocycles. The van der Waals surface area contributed by atoms with Crippen molar-refractivity contribution in [3.05, 3.63) is 72.1 Å². The molecule has 1 amide bonds. The minimum atomic E-state index is -4.60. The van der Waals surface area contributed by atoms with Crippen LogP contribution in [0.2, 0.25) is 0 Å². The number of rotatable bonds is 6. The van der Waals surface area contributed by atoms with E-state index in [1.807, 2.05) is 0 Å². The van der Waals surface area contributed by atoms with E-state index in [-0.39, 0.29) is 27.9 Å². The number of hydrogen-bond acceptors (Lipinski definition) is 4. The average Bonchev–Trinajstić information content (AvgIpc) is 3.27. The van der Waals surface area contributed by atoms with Crippen LogP contribution in [0.1, 0.15) is 29.8 Å². The van der Waals surface area contributed by atoms with Crippen molar-refractivity contribution in [3.63, 3.8) is 0 Å². The predicted octanol–water partition coefficient (Wildman–Crippen LogP) is 4.17. The SMILES string of the molecule is CC(C)N(C)S(=O)(=O)c1ccc(C(=O)Nc2cc(C(F)(F)F)ccc2-n2cccn2)cc1. The Labute approximate surface area is 183 Å². The van der Waals surface area contributed by atoms with Gasteiger partial charge in [0.2, 0.25) is 10.0 Å². The number of carbonyl (C=O) groups is 1. The lowest BCUT2D eigenvalue weighted by atomic mass is 10.1. The molecule has 0 bridgehead atoms. The molecule has 0 saturated heterocycles. The van der Waals surface area contributed by atoms with Crippen molar-refractivity contribution >= 4 is 21.6 Å². The van der Waals surface area contributed by atoms with Crippen LogP contribution in [0.15, 0.2) is 65.8 Å². The molecule has 11 heteroatoms. The largest absolute Gasteiger partial charge is 0.416 e. The number of amides is 1. The summed E-state index contributed by atoms with van der Waals surface area (Å²) in [5, 5.41) is 6.47. The first kappa shape index (κ1) is 23.5. The van der Waals surface area contributed by atoms with E-state index in [9.17, 15) is 26.4 Å². The van der Waals surface area contributed by atoms with Crippen molar-refractivity contribution in [2.75, 3.05) is 12.4 Å². The van der Waals surface area contributed by atoms with Gasteiger partial charge in [0.15, 0.2) is 0 Å². The third kappa shape index (κ3) is 4.83. The summed E-state index contributed by atoms with van der Waals surface area (Å²) in [6.45, 7) is 3.46. The molecular weight excluding hydrogens is 445 g/mol. The molecule has 0 spiro atoms. The molecule has 0 fully saturated rings. The first-order valence-electron chi connectivity index (χ1n) is 9.52. The van der Waals surface area contributed by atoms with Crippen molar-refractivity contribution < 1.29 is 26.4 Å². The first-order chi connectivity index (χ1) is 14.9. The van der Waals surface area contributed by atoms with Crippen LogP contribution in [-0.2, 0) is 16.2 Å². The number of halogens is 3. The van der Waals surface area contributed by atoms with Gasteiger partial charge in [-0.15, -0.1) is 0 Å². The summed E-state index contributed by atoms with van der Waals surface area (Å²) in [7, 11) is -2.28. The lowest BCUT2D eigenvalue weighted by Crippen LogP contribution is -2.33. The highest BCUT2D eigenvalue weighted by molar-refractivity contribution is 7.89. The van der Waals surface area contributed by atoms with Gasteiger partial charge in [0.25, 0.3) is 5.91 Å². The smallest absolute Gasteiger partial charge is 0.320 e. The summed E-state index contributed by atoms with van der Waals surface area (Å²) >= 11 is 0. The maximum absolute atomic E-state index is 13.2. The fourth-order valence-electron chi connectivity index (χ4n) is 2.84. The molecule has 170 valence electrons. The quantitative estimate of drug-likeness (QED) is 0.591. The van der Waals surface area contributed by atoms with Gasteiger partial charge in [-0.3, -0.25) is 4.79 Å². The standard InChI is InChI=1S/C21H21F3N4O3S/c1-14(2)27(3)32(30,31)17-8-5-15(6-9-17)20(29)26-18-13-16(21(22,23)24)7-10-19(18)28-12-4-11-25-28/h4-14H,1-3H3,(H,26,29). The Morgan fingerprint density at radius 1 is 1.12 bits per heavy atom. The highest BCUT2D eigenvalue weighted by Crippen LogP contribution is 2.33. The monoisotopic (exact) mass is 466 g/mol. The topological polar surface area (TPSA) is 84.3 Å². The molecule has 0 aliphatic heterocycles. The minimum Gasteiger partial charge on any atom is -0.320 e. The third-order valence-corrected chi connectivity index (χ3v) is 6.89. The lowest BCUT2D eigenvalue weighted by molar-refractivity contribution is -0.137. The summed E-state index contributed by atoms with van der Waals surface area (Å²) in [6.07, 6.45) is -1.61. The van der Waals surface area contributed by atoms with E-state index in [0.717, 1.165) is 12.1 Å². The van der Waals surface area contributed by atoms with Crippen molar-refractivity contribution in [3.8, 4) is 5.69 Å². The van der Waals surface area contributed by atoms with E-state index < -0.39 is 27.7 Å². The number of sulfonamides is 1. The highest BCUT2D eigenvalue weighted by atomic mass is 32.2. The Morgan fingerprint density at radius 3 is 2.31 bits per heavy atom. The van der Waals surface area contributed by atoms with E-state index in [4.69, 9.17) is 0 Å². The second-order valence-corrected chi connectivity index (χ2v) is 9.27. The zero-order valence-corrected chi connectivity index (χ0v) is 18.3. The molecule has 3 rings (SSSR count). The molecule has 0 atom stereocenters. The van der Waals surface area contributed by atoms with E-state index in [0.29, 0.717) is 0 Å². The summed E-state index contributed by atoms with van der Waals surface area (Å²) < 4.78 is 67.2. The summed E-state index contributed by atoms with van der Waals surface area (Å²) in [6, 6.07) is 9.44. The van der Waals surface area contributed by atoms with Gasteiger partial charge < -0.3 is 5.32 Å². The van der Waals surface area contributed by atoms with Gasteiger partial charge in [-0.05, 0) is 62.4 Å². The van der Waals surface area contributed by atoms with Gasteiger partial charge in [0, 0.05) is 31.0 Å². The number of aromatic nitrogens is 2. The number of hydrogen-bond donors (Lipinski definition) is 1. The van der Waals surface area contributed by atoms with Crippen molar-refractivity contribution in [1.29, 1.82) is 0 Å². The Kier molecular flexibility index (Phi) is 6.42. The molecule has 0 aliphatic rings. The second-order valence-electron chi connectivity index (χ2n) is 7.27. The molecular formula is C21H21F3N4O3S. The number of nitrogens with one attached hydrogen (secondary N) is 1. The predicted molar refractivity (Wildman–Crippen MR) is 113 cm³/mol. The van der Waals surface area contributed by atoms with Crippen LogP contribution < -0.4 is 5.32 Å². The second kappa shape index (κ2) is 8.75. The number of anilines is 1. The lowest BCUT2D eigenvalue weighted by Gasteiger charge is -2.21. The Hall–Kier alpha value is -3.18. The zero-order valence-electron chi connectivity index (χ0n) is 17.5. The van der Waals surface area contributed by atoms with Crippen LogP contribution in [0.5, 0.6) is 0 Å². The van der Waals surface area contributed by atoms with Crippen LogP contribution in [0, 0.1) is 0 Å². The zero-order chi connectivity index (χ0) is 23.7. The van der Waals surface area contributed by atoms with Crippen molar-refractivity contribution in [2.45, 2.75) is 31.0 Å². The summed E-state index contributed by atoms with van der Waals surface area (Å²) in [5.41, 5.74) is -0.694. The number of benzene rings is 2. The Balaban J connectivity index is 1.92. The molecule has 3 aromatic rings. The molecule has 1 N–H and O–H groups in total. The van der Waals surface area contributed by atoms with Crippen molar-refractivity contribution in [1.82, 2.24) is 14.1 Å². The fraction of sp³-hybridized carbons (Fsp3) is 0.238. The molecule has 7 nitrogen and oxygen atoms in total. The summed E-state index contributed by atoms with van der Waals surface area (Å²) in [5.74, 6) is -0.695. The molecule has 0 saturated carbocycles. The molecule has 32 heavy (non-hydrogen) atoms. The van der Waals surface area contributed by atoms with Gasteiger partial charge in [-0.1, -0.05) is 0 Å². The Morgan fingerprint density at radius 2 is 1.78 bits per heavy atom. The molecule has 0 unspecified atom stereocenters. The van der Waals surface area contributed by atoms with Crippen LogP contribution in [0.4, 0.5) is 18.9 Å². The van der Waals surface area contributed by atoms with E-state index in [1.54, 1.807) is 19.9 Å². The summed E-state index contributed by atoms with van der Waals surface area (Å²) in [4.78, 5) is 12.7. The fourth-order valence-corrected chi connectivity index (χ4v) is 4.21. The van der Waals surface area contributed by atoms with Crippen LogP contribution in [0.3, 0.4) is 0 Å². The van der Waals surface area contributed by atoms with Crippen LogP contribution >= 0.6 is 0 Å². The van der Waals surface area contributed by atoms with Gasteiger partial charge in [0.05, 0.1) is 21.8 Å². The minimum absolute atomic E-state index is 0.00143. The molecule has 0 radical (unpaired) electrons. The third-order valence-electron chi connectivity index (χ3n) is 4.84. The number of carbonyl (C=O) groups excluding carboxylic acids is 1. The van der Waals surface area contributed by atoms with Gasteiger partial charge in [-0.2, -0.15) is 22.6 Å². The van der Waals surface area contributed by atoms with Crippen LogP contribution in [0.25, 0.3) is 5.69 Å². The molecule has 2 aromatic carbocycles. The van der Waals surface area contributed by atoms with Crippen molar-refractivity contribution in [2.24, 2.45) is 0 Å². The average molecular weight is 466 g/mol. The van der Waals surface area contributed by atoms with E-state index in [1.165, 1.54) is 58.8 Å². The maximum Gasteiger partial charge on any atom is 0.416 e. The first-order valence-corrected chi connectivity index (χ1v) is 11.0. The van der Waals surface area contributed by atoms with Crippen LogP contribution in [-0.4, -0.2) is 41.5 Å². The number of alkyl halides is 3. The van der Waals surface area contributed by atoms with Gasteiger partial charge in [0.1, 0.15) is 0 Å². The maximum atomic E-state index is 13.2. The number of nitrogens with zero attached hydrogens (tertiary/aromatic N) is 3. The molecule has 0 aliphatic carbocycles. The van der Waals surface area contributed by atoms with E-state index in [2.05, 4.69) is 10.4 Å². The highest BCUT2D eigenvalue weighted by Gasteiger charge is 2.31. The molecule has 1 aromatic heterocycles. The normalized spacial score (nSPS) is 12.4. The van der Waals surface area contributed by atoms with E-state index >= 15 is 0 Å². The van der Waals surface area contributed by atoms with Gasteiger partial charge in [-0.25, -0.2) is 13.1 Å². The Bertz CT molecular complexity index is 1210.